The summed E-state index contributed by atoms with van der Waals surface area (Å²) < 4.78 is 0. The van der Waals surface area contributed by atoms with Crippen LogP contribution in [0.1, 0.15) is 38.2 Å². The first-order chi connectivity index (χ1) is 17.3. The Morgan fingerprint density at radius 1 is 1.06 bits per heavy atom. The predicted octanol–water partition coefficient (Wildman–Crippen LogP) is 4.12. The molecule has 0 unspecified atom stereocenters. The molecule has 0 aliphatic carbocycles. The molecule has 0 aromatic heterocycles. The maximum absolute atomic E-state index is 13.7. The second kappa shape index (κ2) is 11.5. The van der Waals surface area contributed by atoms with Gasteiger partial charge in [-0.25, -0.2) is 0 Å². The fourth-order valence-corrected chi connectivity index (χ4v) is 5.61. The molecule has 36 heavy (non-hydrogen) atoms. The van der Waals surface area contributed by atoms with Gasteiger partial charge in [-0.05, 0) is 55.5 Å². The highest BCUT2D eigenvalue weighted by Gasteiger charge is 2.54. The molecule has 2 aliphatic rings. The van der Waals surface area contributed by atoms with Crippen LogP contribution in [0.5, 0.6) is 0 Å². The molecule has 1 spiro atoms. The standard InChI is InChI=1S/C27H32Cl2N4O3/c1-2-6-25(35)31-15-12-27(13-16-31)26(36)32(19-33(27)22-7-4-3-5-8-22)18-24(34)30-14-11-20-9-10-21(28)17-23(20)29/h3-5,7-10,17H,2,6,11-16,18-19H2,1H3,(H,30,34). The SMILES string of the molecule is CCCC(=O)N1CCC2(CC1)C(=O)N(CC(=O)NCCc1ccc(Cl)cc1Cl)CN2c1ccccc1. The third kappa shape index (κ3) is 5.62. The van der Waals surface area contributed by atoms with Crippen LogP contribution in [0.3, 0.4) is 0 Å². The van der Waals surface area contributed by atoms with Crippen LogP contribution in [-0.4, -0.2) is 65.9 Å². The highest BCUT2D eigenvalue weighted by Crippen LogP contribution is 2.39. The van der Waals surface area contributed by atoms with E-state index in [9.17, 15) is 14.4 Å². The third-order valence-corrected chi connectivity index (χ3v) is 7.64. The molecule has 0 saturated carbocycles. The molecule has 0 radical (unpaired) electrons. The van der Waals surface area contributed by atoms with E-state index in [-0.39, 0.29) is 24.3 Å². The average molecular weight is 531 g/mol. The molecule has 7 nitrogen and oxygen atoms in total. The summed E-state index contributed by atoms with van der Waals surface area (Å²) in [4.78, 5) is 44.6. The largest absolute Gasteiger partial charge is 0.354 e. The Labute approximate surface area is 222 Å². The minimum atomic E-state index is -0.749. The van der Waals surface area contributed by atoms with Crippen LogP contribution in [0.4, 0.5) is 5.69 Å². The highest BCUT2D eigenvalue weighted by molar-refractivity contribution is 6.35. The summed E-state index contributed by atoms with van der Waals surface area (Å²) in [5.74, 6) is -0.125. The number of piperidine rings is 1. The van der Waals surface area contributed by atoms with E-state index in [1.54, 1.807) is 17.0 Å². The van der Waals surface area contributed by atoms with E-state index in [0.717, 1.165) is 17.7 Å². The van der Waals surface area contributed by atoms with Crippen molar-refractivity contribution in [2.75, 3.05) is 37.7 Å². The Balaban J connectivity index is 1.42. The molecule has 192 valence electrons. The van der Waals surface area contributed by atoms with Crippen molar-refractivity contribution >= 4 is 46.6 Å². The van der Waals surface area contributed by atoms with Crippen molar-refractivity contribution < 1.29 is 14.4 Å². The van der Waals surface area contributed by atoms with Gasteiger partial charge >= 0.3 is 0 Å². The van der Waals surface area contributed by atoms with E-state index in [0.29, 0.717) is 62.0 Å². The maximum atomic E-state index is 13.7. The first-order valence-electron chi connectivity index (χ1n) is 12.4. The number of nitrogens with one attached hydrogen (secondary N) is 1. The summed E-state index contributed by atoms with van der Waals surface area (Å²) >= 11 is 12.2. The predicted molar refractivity (Wildman–Crippen MR) is 142 cm³/mol. The zero-order valence-corrected chi connectivity index (χ0v) is 22.0. The number of amides is 3. The third-order valence-electron chi connectivity index (χ3n) is 7.06. The van der Waals surface area contributed by atoms with Gasteiger partial charge in [0.15, 0.2) is 0 Å². The number of likely N-dealkylation sites (tertiary alicyclic amines) is 1. The fourth-order valence-electron chi connectivity index (χ4n) is 5.11. The Morgan fingerprint density at radius 2 is 1.78 bits per heavy atom. The van der Waals surface area contributed by atoms with Gasteiger partial charge in [-0.2, -0.15) is 0 Å². The summed E-state index contributed by atoms with van der Waals surface area (Å²) in [6.45, 7) is 3.79. The van der Waals surface area contributed by atoms with E-state index >= 15 is 0 Å². The first kappa shape index (κ1) is 26.3. The van der Waals surface area contributed by atoms with Crippen molar-refractivity contribution in [2.24, 2.45) is 0 Å². The quantitative estimate of drug-likeness (QED) is 0.557. The van der Waals surface area contributed by atoms with Gasteiger partial charge in [0.05, 0.1) is 6.67 Å². The molecule has 2 aromatic carbocycles. The number of nitrogens with zero attached hydrogens (tertiary/aromatic N) is 3. The second-order valence-electron chi connectivity index (χ2n) is 9.41. The Bertz CT molecular complexity index is 1100. The summed E-state index contributed by atoms with van der Waals surface area (Å²) in [7, 11) is 0. The lowest BCUT2D eigenvalue weighted by Gasteiger charge is -2.43. The average Bonchev–Trinajstić information content (AvgIpc) is 3.12. The molecular weight excluding hydrogens is 499 g/mol. The number of benzene rings is 2. The van der Waals surface area contributed by atoms with Gasteiger partial charge in [0.25, 0.3) is 5.91 Å². The van der Waals surface area contributed by atoms with Gasteiger partial charge in [-0.1, -0.05) is 54.4 Å². The lowest BCUT2D eigenvalue weighted by molar-refractivity contribution is -0.140. The number of carbonyl (C=O) groups is 3. The molecule has 2 fully saturated rings. The lowest BCUT2D eigenvalue weighted by Crippen LogP contribution is -2.57. The van der Waals surface area contributed by atoms with Crippen LogP contribution in [0.2, 0.25) is 10.0 Å². The zero-order chi connectivity index (χ0) is 25.7. The lowest BCUT2D eigenvalue weighted by atomic mass is 9.85. The molecule has 9 heteroatoms. The van der Waals surface area contributed by atoms with Gasteiger partial charge in [0, 0.05) is 41.8 Å². The molecule has 4 rings (SSSR count). The van der Waals surface area contributed by atoms with Crippen molar-refractivity contribution in [1.29, 1.82) is 0 Å². The molecule has 2 aliphatic heterocycles. The van der Waals surface area contributed by atoms with Crippen LogP contribution < -0.4 is 10.2 Å². The number of rotatable bonds is 8. The molecular formula is C27H32Cl2N4O3. The van der Waals surface area contributed by atoms with E-state index in [1.165, 1.54) is 0 Å². The molecule has 2 aromatic rings. The number of hydrogen-bond donors (Lipinski definition) is 1. The normalized spacial score (nSPS) is 17.1. The summed E-state index contributed by atoms with van der Waals surface area (Å²) in [6.07, 6.45) is 2.99. The van der Waals surface area contributed by atoms with Crippen molar-refractivity contribution in [1.82, 2.24) is 15.1 Å². The molecule has 2 saturated heterocycles. The number of carbonyl (C=O) groups excluding carboxylic acids is 3. The maximum Gasteiger partial charge on any atom is 0.250 e. The van der Waals surface area contributed by atoms with Crippen molar-refractivity contribution in [3.8, 4) is 0 Å². The minimum absolute atomic E-state index is 0.0171. The number of halogens is 2. The minimum Gasteiger partial charge on any atom is -0.354 e. The summed E-state index contributed by atoms with van der Waals surface area (Å²) in [6, 6.07) is 15.1. The van der Waals surface area contributed by atoms with Gasteiger partial charge in [-0.3, -0.25) is 14.4 Å². The molecule has 3 amide bonds. The molecule has 1 N–H and O–H groups in total. The van der Waals surface area contributed by atoms with Crippen LogP contribution in [0.15, 0.2) is 48.5 Å². The Hall–Kier alpha value is -2.77. The highest BCUT2D eigenvalue weighted by atomic mass is 35.5. The summed E-state index contributed by atoms with van der Waals surface area (Å²) in [5.41, 5.74) is 1.10. The first-order valence-corrected chi connectivity index (χ1v) is 13.2. The van der Waals surface area contributed by atoms with Gasteiger partial charge < -0.3 is 20.0 Å². The van der Waals surface area contributed by atoms with E-state index in [1.807, 2.05) is 48.2 Å². The smallest absolute Gasteiger partial charge is 0.250 e. The van der Waals surface area contributed by atoms with E-state index < -0.39 is 5.54 Å². The van der Waals surface area contributed by atoms with Gasteiger partial charge in [-0.15, -0.1) is 0 Å². The van der Waals surface area contributed by atoms with Crippen LogP contribution in [0.25, 0.3) is 0 Å². The van der Waals surface area contributed by atoms with E-state index in [2.05, 4.69) is 10.2 Å². The van der Waals surface area contributed by atoms with Crippen molar-refractivity contribution in [3.05, 3.63) is 64.1 Å². The van der Waals surface area contributed by atoms with Crippen LogP contribution >= 0.6 is 23.2 Å². The fraction of sp³-hybridized carbons (Fsp3) is 0.444. The van der Waals surface area contributed by atoms with Crippen molar-refractivity contribution in [2.45, 2.75) is 44.6 Å². The monoisotopic (exact) mass is 530 g/mol. The number of hydrogen-bond acceptors (Lipinski definition) is 4. The zero-order valence-electron chi connectivity index (χ0n) is 20.5. The number of anilines is 1. The van der Waals surface area contributed by atoms with E-state index in [4.69, 9.17) is 23.2 Å². The molecule has 0 bridgehead atoms. The van der Waals surface area contributed by atoms with Gasteiger partial charge in [0.1, 0.15) is 12.1 Å². The Kier molecular flexibility index (Phi) is 8.42. The van der Waals surface area contributed by atoms with Crippen LogP contribution in [-0.2, 0) is 20.8 Å². The van der Waals surface area contributed by atoms with Gasteiger partial charge in [0.2, 0.25) is 11.8 Å². The topological polar surface area (TPSA) is 73.0 Å². The van der Waals surface area contributed by atoms with Crippen LogP contribution in [0, 0.1) is 0 Å². The molecule has 0 atom stereocenters. The Morgan fingerprint density at radius 3 is 2.44 bits per heavy atom. The summed E-state index contributed by atoms with van der Waals surface area (Å²) in [5, 5.41) is 4.04. The van der Waals surface area contributed by atoms with Crippen molar-refractivity contribution in [3.63, 3.8) is 0 Å². The molecule has 2 heterocycles. The number of para-hydroxylation sites is 1. The second-order valence-corrected chi connectivity index (χ2v) is 10.2.